The van der Waals surface area contributed by atoms with Gasteiger partial charge in [-0.25, -0.2) is 9.37 Å². The SMILES string of the molecule is Cc1c(C(=O)N(C)[C@@H](C)c2nccs2)oc2c(F)cccc12. The van der Waals surface area contributed by atoms with E-state index in [4.69, 9.17) is 4.42 Å². The Morgan fingerprint density at radius 1 is 1.45 bits per heavy atom. The fourth-order valence-electron chi connectivity index (χ4n) is 2.36. The topological polar surface area (TPSA) is 46.3 Å². The van der Waals surface area contributed by atoms with E-state index in [1.807, 2.05) is 12.3 Å². The van der Waals surface area contributed by atoms with E-state index in [2.05, 4.69) is 4.98 Å². The molecule has 114 valence electrons. The summed E-state index contributed by atoms with van der Waals surface area (Å²) in [5, 5.41) is 3.33. The minimum absolute atomic E-state index is 0.124. The van der Waals surface area contributed by atoms with E-state index in [-0.39, 0.29) is 23.3 Å². The van der Waals surface area contributed by atoms with Crippen molar-refractivity contribution in [3.63, 3.8) is 0 Å². The zero-order valence-electron chi connectivity index (χ0n) is 12.5. The number of carbonyl (C=O) groups is 1. The molecule has 1 atom stereocenters. The van der Waals surface area contributed by atoms with Crippen LogP contribution in [0.15, 0.2) is 34.2 Å². The number of hydrogen-bond donors (Lipinski definition) is 0. The number of aromatic nitrogens is 1. The number of hydrogen-bond acceptors (Lipinski definition) is 4. The zero-order valence-corrected chi connectivity index (χ0v) is 13.3. The molecule has 0 fully saturated rings. The van der Waals surface area contributed by atoms with E-state index in [0.29, 0.717) is 10.9 Å². The van der Waals surface area contributed by atoms with Crippen LogP contribution in [-0.4, -0.2) is 22.8 Å². The number of rotatable bonds is 3. The van der Waals surface area contributed by atoms with Crippen molar-refractivity contribution in [2.24, 2.45) is 0 Å². The lowest BCUT2D eigenvalue weighted by atomic mass is 10.1. The van der Waals surface area contributed by atoms with Gasteiger partial charge in [-0.2, -0.15) is 0 Å². The van der Waals surface area contributed by atoms with E-state index < -0.39 is 5.82 Å². The van der Waals surface area contributed by atoms with E-state index >= 15 is 0 Å². The second-order valence-corrected chi connectivity index (χ2v) is 6.06. The van der Waals surface area contributed by atoms with E-state index in [0.717, 1.165) is 5.01 Å². The molecule has 3 aromatic rings. The van der Waals surface area contributed by atoms with Crippen molar-refractivity contribution in [1.82, 2.24) is 9.88 Å². The summed E-state index contributed by atoms with van der Waals surface area (Å²) in [6, 6.07) is 4.50. The van der Waals surface area contributed by atoms with Crippen LogP contribution in [0.4, 0.5) is 4.39 Å². The van der Waals surface area contributed by atoms with Gasteiger partial charge in [-0.05, 0) is 19.9 Å². The lowest BCUT2D eigenvalue weighted by Gasteiger charge is -2.22. The van der Waals surface area contributed by atoms with Crippen molar-refractivity contribution in [3.8, 4) is 0 Å². The second kappa shape index (κ2) is 5.53. The molecule has 0 unspecified atom stereocenters. The van der Waals surface area contributed by atoms with Crippen LogP contribution in [0, 0.1) is 12.7 Å². The zero-order chi connectivity index (χ0) is 15.9. The number of furan rings is 1. The summed E-state index contributed by atoms with van der Waals surface area (Å²) >= 11 is 1.49. The van der Waals surface area contributed by atoms with E-state index in [1.54, 1.807) is 37.2 Å². The highest BCUT2D eigenvalue weighted by atomic mass is 32.1. The maximum atomic E-state index is 13.8. The Hall–Kier alpha value is -2.21. The number of para-hydroxylation sites is 1. The van der Waals surface area contributed by atoms with Gasteiger partial charge in [0.25, 0.3) is 5.91 Å². The van der Waals surface area contributed by atoms with Crippen LogP contribution in [0.1, 0.15) is 34.1 Å². The van der Waals surface area contributed by atoms with Crippen LogP contribution in [0.5, 0.6) is 0 Å². The highest BCUT2D eigenvalue weighted by Crippen LogP contribution is 2.30. The standard InChI is InChI=1S/C16H15FN2O2S/c1-9-11-5-4-6-12(17)14(11)21-13(9)16(20)19(3)10(2)15-18-7-8-22-15/h4-8,10H,1-3H3/t10-/m0/s1. The number of aryl methyl sites for hydroxylation is 1. The normalized spacial score (nSPS) is 12.5. The summed E-state index contributed by atoms with van der Waals surface area (Å²) in [4.78, 5) is 18.5. The highest BCUT2D eigenvalue weighted by molar-refractivity contribution is 7.09. The number of carbonyl (C=O) groups excluding carboxylic acids is 1. The Bertz CT molecular complexity index is 826. The van der Waals surface area contributed by atoms with Crippen molar-refractivity contribution >= 4 is 28.2 Å². The summed E-state index contributed by atoms with van der Waals surface area (Å²) in [6.45, 7) is 3.66. The molecule has 3 rings (SSSR count). The van der Waals surface area contributed by atoms with Gasteiger partial charge in [0.15, 0.2) is 17.2 Å². The van der Waals surface area contributed by atoms with Crippen molar-refractivity contribution in [2.75, 3.05) is 7.05 Å². The first-order valence-corrected chi connectivity index (χ1v) is 7.73. The van der Waals surface area contributed by atoms with Crippen LogP contribution >= 0.6 is 11.3 Å². The molecular weight excluding hydrogens is 303 g/mol. The maximum Gasteiger partial charge on any atom is 0.290 e. The minimum atomic E-state index is -0.463. The third-order valence-electron chi connectivity index (χ3n) is 3.82. The van der Waals surface area contributed by atoms with Crippen molar-refractivity contribution < 1.29 is 13.6 Å². The fourth-order valence-corrected chi connectivity index (χ4v) is 3.09. The summed E-state index contributed by atoms with van der Waals surface area (Å²) in [5.74, 6) is -0.572. The lowest BCUT2D eigenvalue weighted by molar-refractivity contribution is 0.0711. The molecule has 0 aliphatic rings. The molecule has 0 N–H and O–H groups in total. The summed E-state index contributed by atoms with van der Waals surface area (Å²) in [7, 11) is 1.69. The Kier molecular flexibility index (Phi) is 3.70. The molecule has 1 amide bonds. The number of nitrogens with zero attached hydrogens (tertiary/aromatic N) is 2. The molecule has 6 heteroatoms. The Balaban J connectivity index is 1.98. The fraction of sp³-hybridized carbons (Fsp3) is 0.250. The molecule has 0 bridgehead atoms. The smallest absolute Gasteiger partial charge is 0.290 e. The summed E-state index contributed by atoms with van der Waals surface area (Å²) in [6.07, 6.45) is 1.70. The molecule has 0 radical (unpaired) electrons. The van der Waals surface area contributed by atoms with Gasteiger partial charge in [0, 0.05) is 29.6 Å². The van der Waals surface area contributed by atoms with E-state index in [1.165, 1.54) is 17.4 Å². The van der Waals surface area contributed by atoms with Gasteiger partial charge in [-0.3, -0.25) is 4.79 Å². The molecule has 0 aliphatic carbocycles. The molecule has 22 heavy (non-hydrogen) atoms. The minimum Gasteiger partial charge on any atom is -0.448 e. The lowest BCUT2D eigenvalue weighted by Crippen LogP contribution is -2.29. The summed E-state index contributed by atoms with van der Waals surface area (Å²) < 4.78 is 19.3. The molecular formula is C16H15FN2O2S. The van der Waals surface area contributed by atoms with Gasteiger partial charge in [0.2, 0.25) is 0 Å². The maximum absolute atomic E-state index is 13.8. The molecule has 2 heterocycles. The van der Waals surface area contributed by atoms with Gasteiger partial charge in [-0.1, -0.05) is 12.1 Å². The number of benzene rings is 1. The average molecular weight is 318 g/mol. The predicted octanol–water partition coefficient (Wildman–Crippen LogP) is 4.17. The summed E-state index contributed by atoms with van der Waals surface area (Å²) in [5.41, 5.74) is 0.774. The number of halogens is 1. The van der Waals surface area contributed by atoms with Crippen molar-refractivity contribution in [3.05, 3.63) is 51.9 Å². The van der Waals surface area contributed by atoms with Gasteiger partial charge < -0.3 is 9.32 Å². The Morgan fingerprint density at radius 3 is 2.86 bits per heavy atom. The van der Waals surface area contributed by atoms with E-state index in [9.17, 15) is 9.18 Å². The van der Waals surface area contributed by atoms with Crippen molar-refractivity contribution in [1.29, 1.82) is 0 Å². The highest BCUT2D eigenvalue weighted by Gasteiger charge is 2.26. The Morgan fingerprint density at radius 2 is 2.23 bits per heavy atom. The molecule has 2 aromatic heterocycles. The van der Waals surface area contributed by atoms with Gasteiger partial charge in [0.05, 0.1) is 6.04 Å². The molecule has 1 aromatic carbocycles. The molecule has 0 aliphatic heterocycles. The van der Waals surface area contributed by atoms with Gasteiger partial charge in [0.1, 0.15) is 5.01 Å². The first-order chi connectivity index (χ1) is 10.5. The van der Waals surface area contributed by atoms with Gasteiger partial charge in [-0.15, -0.1) is 11.3 Å². The van der Waals surface area contributed by atoms with Crippen LogP contribution < -0.4 is 0 Å². The van der Waals surface area contributed by atoms with Gasteiger partial charge >= 0.3 is 0 Å². The number of thiazole rings is 1. The number of fused-ring (bicyclic) bond motifs is 1. The average Bonchev–Trinajstić information content (AvgIpc) is 3.15. The first-order valence-electron chi connectivity index (χ1n) is 6.85. The van der Waals surface area contributed by atoms with Crippen LogP contribution in [-0.2, 0) is 0 Å². The van der Waals surface area contributed by atoms with Crippen LogP contribution in [0.25, 0.3) is 11.0 Å². The monoisotopic (exact) mass is 318 g/mol. The molecule has 4 nitrogen and oxygen atoms in total. The Labute approximate surface area is 131 Å². The molecule has 0 spiro atoms. The molecule has 0 saturated heterocycles. The third kappa shape index (κ3) is 2.29. The first kappa shape index (κ1) is 14.7. The number of amides is 1. The molecule has 0 saturated carbocycles. The predicted molar refractivity (Wildman–Crippen MR) is 83.5 cm³/mol. The quantitative estimate of drug-likeness (QED) is 0.728. The van der Waals surface area contributed by atoms with Crippen LogP contribution in [0.2, 0.25) is 0 Å². The van der Waals surface area contributed by atoms with Crippen LogP contribution in [0.3, 0.4) is 0 Å². The third-order valence-corrected chi connectivity index (χ3v) is 4.77. The second-order valence-electron chi connectivity index (χ2n) is 5.14. The largest absolute Gasteiger partial charge is 0.448 e. The van der Waals surface area contributed by atoms with Crippen molar-refractivity contribution in [2.45, 2.75) is 19.9 Å².